The number of nitrogens with zero attached hydrogens (tertiary/aromatic N) is 1. The van der Waals surface area contributed by atoms with Crippen molar-refractivity contribution in [2.75, 3.05) is 14.1 Å². The van der Waals surface area contributed by atoms with Crippen LogP contribution in [0.5, 0.6) is 0 Å². The zero-order valence-electron chi connectivity index (χ0n) is 15.6. The fraction of sp³-hybridized carbons (Fsp3) is 0.455. The maximum atomic E-state index is 11.7. The minimum atomic E-state index is -0.684. The van der Waals surface area contributed by atoms with E-state index in [0.717, 1.165) is 29.8 Å². The highest BCUT2D eigenvalue weighted by Crippen LogP contribution is 2.45. The number of benzene rings is 2. The molecule has 0 aromatic heterocycles. The van der Waals surface area contributed by atoms with Crippen LogP contribution >= 0.6 is 24.0 Å². The standard InChI is InChI=1S/C22H28ClNO.ClH/c1-24(2)21(18-8-4-3-5-9-18)20-10-6-7-15-22(20,25)16-17-11-13-19(23)14-12-17;/h3-5,8-9,11-14,20-21,25H,6-7,10,15-16H2,1-2H3;1H. The maximum Gasteiger partial charge on any atom is 0.0734 e. The molecule has 0 spiro atoms. The maximum absolute atomic E-state index is 11.7. The van der Waals surface area contributed by atoms with Gasteiger partial charge in [0.25, 0.3) is 0 Å². The van der Waals surface area contributed by atoms with Crippen LogP contribution < -0.4 is 0 Å². The normalized spacial score (nSPS) is 24.1. The Morgan fingerprint density at radius 1 is 1.08 bits per heavy atom. The molecule has 2 aromatic carbocycles. The molecule has 1 aliphatic carbocycles. The Hall–Kier alpha value is -1.06. The van der Waals surface area contributed by atoms with Gasteiger partial charge in [-0.2, -0.15) is 0 Å². The fourth-order valence-electron chi connectivity index (χ4n) is 4.42. The number of aliphatic hydroxyl groups is 1. The van der Waals surface area contributed by atoms with Crippen molar-refractivity contribution in [2.45, 2.75) is 43.7 Å². The molecule has 3 unspecified atom stereocenters. The predicted molar refractivity (Wildman–Crippen MR) is 112 cm³/mol. The van der Waals surface area contributed by atoms with E-state index in [1.54, 1.807) is 0 Å². The van der Waals surface area contributed by atoms with E-state index in [4.69, 9.17) is 11.6 Å². The molecule has 26 heavy (non-hydrogen) atoms. The highest BCUT2D eigenvalue weighted by molar-refractivity contribution is 6.30. The second-order valence-corrected chi connectivity index (χ2v) is 8.01. The molecule has 0 amide bonds. The lowest BCUT2D eigenvalue weighted by molar-refractivity contribution is -0.0770. The summed E-state index contributed by atoms with van der Waals surface area (Å²) in [7, 11) is 4.24. The highest BCUT2D eigenvalue weighted by Gasteiger charge is 2.44. The van der Waals surface area contributed by atoms with Gasteiger partial charge in [0.2, 0.25) is 0 Å². The third-order valence-corrected chi connectivity index (χ3v) is 5.82. The van der Waals surface area contributed by atoms with Crippen molar-refractivity contribution < 1.29 is 5.11 Å². The second kappa shape index (κ2) is 9.23. The van der Waals surface area contributed by atoms with E-state index in [2.05, 4.69) is 49.3 Å². The fourth-order valence-corrected chi connectivity index (χ4v) is 4.54. The van der Waals surface area contributed by atoms with Gasteiger partial charge in [0, 0.05) is 23.4 Å². The van der Waals surface area contributed by atoms with Gasteiger partial charge in [-0.25, -0.2) is 0 Å². The van der Waals surface area contributed by atoms with E-state index in [1.807, 2.05) is 24.3 Å². The second-order valence-electron chi connectivity index (χ2n) is 7.58. The summed E-state index contributed by atoms with van der Waals surface area (Å²) in [5.74, 6) is 0.217. The molecule has 0 bridgehead atoms. The van der Waals surface area contributed by atoms with Gasteiger partial charge in [-0.05, 0) is 50.2 Å². The van der Waals surface area contributed by atoms with Crippen LogP contribution in [0.3, 0.4) is 0 Å². The van der Waals surface area contributed by atoms with Crippen molar-refractivity contribution in [3.63, 3.8) is 0 Å². The molecule has 1 fully saturated rings. The predicted octanol–water partition coefficient (Wildman–Crippen LogP) is 5.53. The van der Waals surface area contributed by atoms with E-state index in [0.29, 0.717) is 6.42 Å². The first-order valence-corrected chi connectivity index (χ1v) is 9.55. The molecule has 142 valence electrons. The molecule has 2 aromatic rings. The summed E-state index contributed by atoms with van der Waals surface area (Å²) in [4.78, 5) is 2.26. The first kappa shape index (κ1) is 21.2. The Labute approximate surface area is 168 Å². The topological polar surface area (TPSA) is 23.5 Å². The van der Waals surface area contributed by atoms with Crippen LogP contribution in [0.2, 0.25) is 5.02 Å². The molecule has 3 rings (SSSR count). The summed E-state index contributed by atoms with van der Waals surface area (Å²) in [6.45, 7) is 0. The van der Waals surface area contributed by atoms with E-state index in [-0.39, 0.29) is 24.4 Å². The van der Waals surface area contributed by atoms with E-state index in [1.165, 1.54) is 12.0 Å². The van der Waals surface area contributed by atoms with Crippen LogP contribution in [0.1, 0.15) is 42.9 Å². The van der Waals surface area contributed by atoms with Crippen molar-refractivity contribution >= 4 is 24.0 Å². The van der Waals surface area contributed by atoms with Gasteiger partial charge >= 0.3 is 0 Å². The Balaban J connectivity index is 0.00000243. The molecule has 0 saturated heterocycles. The van der Waals surface area contributed by atoms with Gasteiger partial charge in [0.1, 0.15) is 0 Å². The van der Waals surface area contributed by atoms with Crippen LogP contribution in [0.25, 0.3) is 0 Å². The van der Waals surface area contributed by atoms with Gasteiger partial charge in [0.15, 0.2) is 0 Å². The monoisotopic (exact) mass is 393 g/mol. The third kappa shape index (κ3) is 4.80. The molecule has 3 atom stereocenters. The van der Waals surface area contributed by atoms with Crippen molar-refractivity contribution in [3.05, 3.63) is 70.7 Å². The summed E-state index contributed by atoms with van der Waals surface area (Å²) >= 11 is 6.02. The number of hydrogen-bond acceptors (Lipinski definition) is 2. The SMILES string of the molecule is CN(C)C(c1ccccc1)C1CCCCC1(O)Cc1ccc(Cl)cc1.Cl. The summed E-state index contributed by atoms with van der Waals surface area (Å²) in [5.41, 5.74) is 1.76. The lowest BCUT2D eigenvalue weighted by Gasteiger charge is -2.46. The molecule has 0 heterocycles. The largest absolute Gasteiger partial charge is 0.389 e. The molecule has 0 aliphatic heterocycles. The van der Waals surface area contributed by atoms with Crippen molar-refractivity contribution in [2.24, 2.45) is 5.92 Å². The lowest BCUT2D eigenvalue weighted by atomic mass is 9.67. The summed E-state index contributed by atoms with van der Waals surface area (Å²) in [6, 6.07) is 18.7. The highest BCUT2D eigenvalue weighted by atomic mass is 35.5. The van der Waals surface area contributed by atoms with Gasteiger partial charge in [-0.15, -0.1) is 12.4 Å². The molecular formula is C22H29Cl2NO. The van der Waals surface area contributed by atoms with Crippen LogP contribution in [-0.4, -0.2) is 29.7 Å². The smallest absolute Gasteiger partial charge is 0.0734 e. The van der Waals surface area contributed by atoms with Crippen LogP contribution in [0, 0.1) is 5.92 Å². The first-order chi connectivity index (χ1) is 12.0. The average molecular weight is 394 g/mol. The van der Waals surface area contributed by atoms with Crippen LogP contribution in [0.15, 0.2) is 54.6 Å². The van der Waals surface area contributed by atoms with Crippen molar-refractivity contribution in [1.82, 2.24) is 4.90 Å². The average Bonchev–Trinajstić information content (AvgIpc) is 2.60. The lowest BCUT2D eigenvalue weighted by Crippen LogP contribution is -2.48. The zero-order valence-corrected chi connectivity index (χ0v) is 17.1. The molecule has 1 aliphatic rings. The van der Waals surface area contributed by atoms with Crippen LogP contribution in [0.4, 0.5) is 0 Å². The number of hydrogen-bond donors (Lipinski definition) is 1. The van der Waals surface area contributed by atoms with E-state index >= 15 is 0 Å². The minimum absolute atomic E-state index is 0. The summed E-state index contributed by atoms with van der Waals surface area (Å²) in [6.07, 6.45) is 4.88. The zero-order chi connectivity index (χ0) is 17.9. The molecular weight excluding hydrogens is 365 g/mol. The molecule has 0 radical (unpaired) electrons. The van der Waals surface area contributed by atoms with Gasteiger partial charge in [0.05, 0.1) is 5.60 Å². The number of rotatable bonds is 5. The quantitative estimate of drug-likeness (QED) is 0.721. The third-order valence-electron chi connectivity index (χ3n) is 5.57. The van der Waals surface area contributed by atoms with E-state index < -0.39 is 5.60 Å². The van der Waals surface area contributed by atoms with Crippen molar-refractivity contribution in [1.29, 1.82) is 0 Å². The molecule has 1 N–H and O–H groups in total. The molecule has 1 saturated carbocycles. The van der Waals surface area contributed by atoms with Gasteiger partial charge < -0.3 is 10.0 Å². The Bertz CT molecular complexity index is 674. The van der Waals surface area contributed by atoms with E-state index in [9.17, 15) is 5.11 Å². The summed E-state index contributed by atoms with van der Waals surface area (Å²) < 4.78 is 0. The molecule has 2 nitrogen and oxygen atoms in total. The first-order valence-electron chi connectivity index (χ1n) is 9.18. The Kier molecular flexibility index (Phi) is 7.54. The number of halogens is 2. The minimum Gasteiger partial charge on any atom is -0.389 e. The summed E-state index contributed by atoms with van der Waals surface area (Å²) in [5, 5.41) is 12.4. The van der Waals surface area contributed by atoms with Gasteiger partial charge in [-0.3, -0.25) is 0 Å². The Morgan fingerprint density at radius 2 is 1.73 bits per heavy atom. The van der Waals surface area contributed by atoms with Gasteiger partial charge in [-0.1, -0.05) is 66.9 Å². The van der Waals surface area contributed by atoms with Crippen molar-refractivity contribution in [3.8, 4) is 0 Å². The molecule has 4 heteroatoms. The van der Waals surface area contributed by atoms with Crippen LogP contribution in [-0.2, 0) is 6.42 Å². The Morgan fingerprint density at radius 3 is 2.35 bits per heavy atom.